The van der Waals surface area contributed by atoms with Crippen molar-refractivity contribution in [2.75, 3.05) is 6.54 Å². The Labute approximate surface area is 152 Å². The largest absolute Gasteiger partial charge is 0.332 e. The Kier molecular flexibility index (Phi) is 4.56. The first-order valence-corrected chi connectivity index (χ1v) is 9.17. The van der Waals surface area contributed by atoms with Gasteiger partial charge in [-0.15, -0.1) is 0 Å². The van der Waals surface area contributed by atoms with E-state index in [2.05, 4.69) is 27.9 Å². The maximum Gasteiger partial charge on any atom is 0.318 e. The van der Waals surface area contributed by atoms with Crippen LogP contribution in [0.25, 0.3) is 11.0 Å². The smallest absolute Gasteiger partial charge is 0.318 e. The molecule has 26 heavy (non-hydrogen) atoms. The summed E-state index contributed by atoms with van der Waals surface area (Å²) < 4.78 is 2.23. The lowest BCUT2D eigenvalue weighted by Gasteiger charge is -2.25. The van der Waals surface area contributed by atoms with E-state index in [1.165, 1.54) is 0 Å². The van der Waals surface area contributed by atoms with E-state index in [0.717, 1.165) is 48.5 Å². The maximum atomic E-state index is 12.8. The van der Waals surface area contributed by atoms with E-state index >= 15 is 0 Å². The summed E-state index contributed by atoms with van der Waals surface area (Å²) in [4.78, 5) is 23.8. The molecule has 6 heteroatoms. The number of amides is 2. The number of carbonyl (C=O) groups is 1. The third kappa shape index (κ3) is 3.03. The van der Waals surface area contributed by atoms with Crippen molar-refractivity contribution >= 4 is 17.1 Å². The Hall–Kier alpha value is -2.89. The molecule has 4 rings (SSSR count). The minimum Gasteiger partial charge on any atom is -0.332 e. The lowest BCUT2D eigenvalue weighted by molar-refractivity contribution is 0.189. The summed E-state index contributed by atoms with van der Waals surface area (Å²) >= 11 is 0. The summed E-state index contributed by atoms with van der Waals surface area (Å²) in [6.07, 6.45) is 3.68. The van der Waals surface area contributed by atoms with Crippen LogP contribution >= 0.6 is 0 Å². The number of pyridine rings is 1. The van der Waals surface area contributed by atoms with E-state index in [0.29, 0.717) is 6.54 Å². The van der Waals surface area contributed by atoms with Crippen molar-refractivity contribution in [3.05, 3.63) is 60.2 Å². The van der Waals surface area contributed by atoms with Crippen LogP contribution in [-0.2, 0) is 13.1 Å². The fourth-order valence-electron chi connectivity index (χ4n) is 3.73. The number of aromatic nitrogens is 3. The van der Waals surface area contributed by atoms with Gasteiger partial charge in [-0.05, 0) is 44.0 Å². The van der Waals surface area contributed by atoms with Crippen LogP contribution in [0.2, 0.25) is 0 Å². The van der Waals surface area contributed by atoms with Crippen LogP contribution in [0.15, 0.2) is 48.7 Å². The maximum absolute atomic E-state index is 12.8. The normalized spacial score (nSPS) is 17.0. The predicted molar refractivity (Wildman–Crippen MR) is 101 cm³/mol. The molecule has 0 spiro atoms. The van der Waals surface area contributed by atoms with E-state index in [9.17, 15) is 4.79 Å². The predicted octanol–water partition coefficient (Wildman–Crippen LogP) is 3.50. The molecule has 0 saturated carbocycles. The zero-order valence-electron chi connectivity index (χ0n) is 14.9. The lowest BCUT2D eigenvalue weighted by atomic mass is 10.2. The van der Waals surface area contributed by atoms with Gasteiger partial charge in [-0.1, -0.05) is 18.2 Å². The Morgan fingerprint density at radius 3 is 2.88 bits per heavy atom. The van der Waals surface area contributed by atoms with Crippen molar-refractivity contribution < 1.29 is 4.79 Å². The quantitative estimate of drug-likeness (QED) is 0.784. The molecule has 2 amide bonds. The van der Waals surface area contributed by atoms with Crippen LogP contribution in [0.3, 0.4) is 0 Å². The zero-order chi connectivity index (χ0) is 17.9. The zero-order valence-corrected chi connectivity index (χ0v) is 14.9. The highest BCUT2D eigenvalue weighted by molar-refractivity contribution is 5.77. The first-order chi connectivity index (χ1) is 12.8. The van der Waals surface area contributed by atoms with Crippen molar-refractivity contribution in [3.63, 3.8) is 0 Å². The van der Waals surface area contributed by atoms with Gasteiger partial charge in [0.15, 0.2) is 0 Å². The van der Waals surface area contributed by atoms with E-state index in [-0.39, 0.29) is 12.1 Å². The number of likely N-dealkylation sites (tertiary alicyclic amines) is 1. The Balaban J connectivity index is 1.56. The van der Waals surface area contributed by atoms with Gasteiger partial charge in [0.25, 0.3) is 0 Å². The van der Waals surface area contributed by atoms with Gasteiger partial charge in [-0.3, -0.25) is 4.98 Å². The van der Waals surface area contributed by atoms with Gasteiger partial charge >= 0.3 is 6.03 Å². The first-order valence-electron chi connectivity index (χ1n) is 9.17. The van der Waals surface area contributed by atoms with Crippen LogP contribution in [0.1, 0.15) is 37.3 Å². The molecule has 6 nitrogen and oxygen atoms in total. The molecule has 0 radical (unpaired) electrons. The third-order valence-electron chi connectivity index (χ3n) is 4.96. The van der Waals surface area contributed by atoms with E-state index < -0.39 is 0 Å². The van der Waals surface area contributed by atoms with E-state index in [1.54, 1.807) is 6.20 Å². The molecular weight excluding hydrogens is 326 g/mol. The van der Waals surface area contributed by atoms with Crippen LogP contribution < -0.4 is 5.32 Å². The number of hydrogen-bond acceptors (Lipinski definition) is 3. The van der Waals surface area contributed by atoms with Gasteiger partial charge < -0.3 is 14.8 Å². The molecule has 1 fully saturated rings. The monoisotopic (exact) mass is 349 g/mol. The number of hydrogen-bond donors (Lipinski definition) is 1. The number of imidazole rings is 1. The average molecular weight is 349 g/mol. The van der Waals surface area contributed by atoms with Crippen LogP contribution in [-0.4, -0.2) is 32.0 Å². The van der Waals surface area contributed by atoms with Gasteiger partial charge in [0.05, 0.1) is 29.3 Å². The second-order valence-corrected chi connectivity index (χ2v) is 6.53. The Morgan fingerprint density at radius 2 is 2.08 bits per heavy atom. The molecule has 1 aromatic carbocycles. The summed E-state index contributed by atoms with van der Waals surface area (Å²) in [7, 11) is 0. The minimum absolute atomic E-state index is 0.0195. The molecule has 1 unspecified atom stereocenters. The molecule has 134 valence electrons. The molecule has 0 bridgehead atoms. The summed E-state index contributed by atoms with van der Waals surface area (Å²) in [5.41, 5.74) is 2.98. The van der Waals surface area contributed by atoms with Gasteiger partial charge in [0, 0.05) is 19.3 Å². The lowest BCUT2D eigenvalue weighted by Crippen LogP contribution is -2.40. The number of rotatable bonds is 4. The number of aryl methyl sites for hydroxylation is 1. The number of para-hydroxylation sites is 2. The standard InChI is InChI=1S/C20H23N5O/c1-2-24-17-10-4-3-9-16(17)23-19(24)18-11-7-13-25(18)20(26)22-14-15-8-5-6-12-21-15/h3-6,8-10,12,18H,2,7,11,13-14H2,1H3,(H,22,26). The summed E-state index contributed by atoms with van der Waals surface area (Å²) in [5.74, 6) is 0.985. The molecule has 1 atom stereocenters. The highest BCUT2D eigenvalue weighted by Gasteiger charge is 2.33. The van der Waals surface area contributed by atoms with Crippen LogP contribution in [0.5, 0.6) is 0 Å². The second kappa shape index (κ2) is 7.15. The molecule has 2 aromatic heterocycles. The molecular formula is C20H23N5O. The third-order valence-corrected chi connectivity index (χ3v) is 4.96. The minimum atomic E-state index is -0.0483. The second-order valence-electron chi connectivity index (χ2n) is 6.53. The molecule has 0 aliphatic carbocycles. The number of benzene rings is 1. The van der Waals surface area contributed by atoms with Crippen LogP contribution in [0, 0.1) is 0 Å². The number of fused-ring (bicyclic) bond motifs is 1. The van der Waals surface area contributed by atoms with Crippen molar-refractivity contribution in [3.8, 4) is 0 Å². The fourth-order valence-corrected chi connectivity index (χ4v) is 3.73. The SMILES string of the molecule is CCn1c(C2CCCN2C(=O)NCc2ccccn2)nc2ccccc21. The topological polar surface area (TPSA) is 63.1 Å². The highest BCUT2D eigenvalue weighted by atomic mass is 16.2. The molecule has 1 aliphatic heterocycles. The van der Waals surface area contributed by atoms with Crippen molar-refractivity contribution in [1.29, 1.82) is 0 Å². The molecule has 3 heterocycles. The highest BCUT2D eigenvalue weighted by Crippen LogP contribution is 2.33. The average Bonchev–Trinajstić information content (AvgIpc) is 3.31. The van der Waals surface area contributed by atoms with E-state index in [1.807, 2.05) is 41.3 Å². The van der Waals surface area contributed by atoms with Crippen LogP contribution in [0.4, 0.5) is 4.79 Å². The molecule has 1 N–H and O–H groups in total. The first kappa shape index (κ1) is 16.6. The number of carbonyl (C=O) groups excluding carboxylic acids is 1. The molecule has 3 aromatic rings. The Bertz CT molecular complexity index is 905. The summed E-state index contributed by atoms with van der Waals surface area (Å²) in [6, 6.07) is 13.9. The number of urea groups is 1. The molecule has 1 saturated heterocycles. The van der Waals surface area contributed by atoms with Gasteiger partial charge in [0.1, 0.15) is 5.82 Å². The Morgan fingerprint density at radius 1 is 1.23 bits per heavy atom. The van der Waals surface area contributed by atoms with Gasteiger partial charge in [-0.2, -0.15) is 0 Å². The van der Waals surface area contributed by atoms with E-state index in [4.69, 9.17) is 4.98 Å². The van der Waals surface area contributed by atoms with Gasteiger partial charge in [0.2, 0.25) is 0 Å². The van der Waals surface area contributed by atoms with Crippen molar-refractivity contribution in [2.45, 2.75) is 38.9 Å². The number of nitrogens with zero attached hydrogens (tertiary/aromatic N) is 4. The van der Waals surface area contributed by atoms with Crippen molar-refractivity contribution in [1.82, 2.24) is 24.8 Å². The van der Waals surface area contributed by atoms with Gasteiger partial charge in [-0.25, -0.2) is 9.78 Å². The fraction of sp³-hybridized carbons (Fsp3) is 0.350. The summed E-state index contributed by atoms with van der Waals surface area (Å²) in [5, 5.41) is 3.00. The van der Waals surface area contributed by atoms with Crippen molar-refractivity contribution in [2.24, 2.45) is 0 Å². The number of nitrogens with one attached hydrogen (secondary N) is 1. The molecule has 1 aliphatic rings. The summed E-state index contributed by atoms with van der Waals surface area (Å²) in [6.45, 7) is 4.16.